The third-order valence-corrected chi connectivity index (χ3v) is 4.39. The highest BCUT2D eigenvalue weighted by atomic mass is 16.6. The van der Waals surface area contributed by atoms with Crippen LogP contribution in [0.1, 0.15) is 73.6 Å². The van der Waals surface area contributed by atoms with Gasteiger partial charge >= 0.3 is 6.09 Å². The zero-order chi connectivity index (χ0) is 16.8. The van der Waals surface area contributed by atoms with Crippen LogP contribution in [0.3, 0.4) is 0 Å². The number of nitrogens with one attached hydrogen (secondary N) is 1. The van der Waals surface area contributed by atoms with Gasteiger partial charge in [-0.25, -0.2) is 4.79 Å². The van der Waals surface area contributed by atoms with Crippen molar-refractivity contribution in [2.75, 3.05) is 13.1 Å². The number of rotatable bonds is 6. The first kappa shape index (κ1) is 19.3. The molecule has 0 aromatic heterocycles. The SMILES string of the molecule is CCC(C)CNC(C)CC1CCCCN1C(=O)OC(C)(C)C. The first-order chi connectivity index (χ1) is 10.2. The predicted octanol–water partition coefficient (Wildman–Crippen LogP) is 4.19. The molecular weight excluding hydrogens is 276 g/mol. The number of likely N-dealkylation sites (tertiary alicyclic amines) is 1. The quantitative estimate of drug-likeness (QED) is 0.799. The van der Waals surface area contributed by atoms with Crippen molar-refractivity contribution in [2.24, 2.45) is 5.92 Å². The lowest BCUT2D eigenvalue weighted by atomic mass is 9.96. The average Bonchev–Trinajstić information content (AvgIpc) is 2.43. The molecule has 0 aliphatic carbocycles. The van der Waals surface area contributed by atoms with Gasteiger partial charge in [0.05, 0.1) is 0 Å². The molecule has 3 unspecified atom stereocenters. The summed E-state index contributed by atoms with van der Waals surface area (Å²) in [6.07, 6.45) is 5.45. The van der Waals surface area contributed by atoms with Gasteiger partial charge in [-0.3, -0.25) is 0 Å². The van der Waals surface area contributed by atoms with E-state index >= 15 is 0 Å². The molecule has 3 atom stereocenters. The molecule has 4 heteroatoms. The standard InChI is InChI=1S/C18H36N2O2/c1-7-14(2)13-19-15(3)12-16-10-8-9-11-20(16)17(21)22-18(4,5)6/h14-16,19H,7-13H2,1-6H3. The van der Waals surface area contributed by atoms with Crippen LogP contribution in [0.25, 0.3) is 0 Å². The highest BCUT2D eigenvalue weighted by molar-refractivity contribution is 5.68. The summed E-state index contributed by atoms with van der Waals surface area (Å²) in [6, 6.07) is 0.741. The minimum absolute atomic E-state index is 0.147. The molecule has 4 nitrogen and oxygen atoms in total. The second kappa shape index (κ2) is 8.76. The van der Waals surface area contributed by atoms with Gasteiger partial charge in [0.25, 0.3) is 0 Å². The molecule has 1 N–H and O–H groups in total. The zero-order valence-electron chi connectivity index (χ0n) is 15.4. The van der Waals surface area contributed by atoms with Crippen LogP contribution in [0.5, 0.6) is 0 Å². The molecule has 0 aromatic rings. The van der Waals surface area contributed by atoms with Gasteiger partial charge in [0.1, 0.15) is 5.60 Å². The van der Waals surface area contributed by atoms with E-state index in [-0.39, 0.29) is 6.09 Å². The lowest BCUT2D eigenvalue weighted by molar-refractivity contribution is 0.00787. The van der Waals surface area contributed by atoms with Crippen LogP contribution in [0.15, 0.2) is 0 Å². The normalized spacial score (nSPS) is 22.3. The number of hydrogen-bond donors (Lipinski definition) is 1. The molecule has 1 aliphatic rings. The van der Waals surface area contributed by atoms with Crippen LogP contribution in [0.4, 0.5) is 4.79 Å². The number of carbonyl (C=O) groups excluding carboxylic acids is 1. The molecule has 22 heavy (non-hydrogen) atoms. The molecule has 0 radical (unpaired) electrons. The van der Waals surface area contributed by atoms with E-state index in [1.54, 1.807) is 0 Å². The molecule has 0 bridgehead atoms. The third kappa shape index (κ3) is 6.99. The van der Waals surface area contributed by atoms with Crippen LogP contribution < -0.4 is 5.32 Å². The first-order valence-electron chi connectivity index (χ1n) is 8.96. The molecule has 1 aliphatic heterocycles. The summed E-state index contributed by atoms with van der Waals surface area (Å²) in [5, 5.41) is 3.61. The average molecular weight is 312 g/mol. The Labute approximate surface area is 137 Å². The van der Waals surface area contributed by atoms with Crippen molar-refractivity contribution in [2.45, 2.75) is 91.3 Å². The Morgan fingerprint density at radius 2 is 2.00 bits per heavy atom. The fraction of sp³-hybridized carbons (Fsp3) is 0.944. The summed E-state index contributed by atoms with van der Waals surface area (Å²) in [4.78, 5) is 14.4. The molecule has 130 valence electrons. The molecule has 1 fully saturated rings. The van der Waals surface area contributed by atoms with E-state index in [9.17, 15) is 4.79 Å². The van der Waals surface area contributed by atoms with Crippen molar-refractivity contribution >= 4 is 6.09 Å². The summed E-state index contributed by atoms with van der Waals surface area (Å²) >= 11 is 0. The Kier molecular flexibility index (Phi) is 7.67. The van der Waals surface area contributed by atoms with Crippen LogP contribution in [-0.2, 0) is 4.74 Å². The van der Waals surface area contributed by atoms with Crippen molar-refractivity contribution in [3.8, 4) is 0 Å². The van der Waals surface area contributed by atoms with E-state index in [2.05, 4.69) is 26.1 Å². The molecular formula is C18H36N2O2. The minimum Gasteiger partial charge on any atom is -0.444 e. The Morgan fingerprint density at radius 1 is 1.32 bits per heavy atom. The van der Waals surface area contributed by atoms with Crippen molar-refractivity contribution in [3.63, 3.8) is 0 Å². The largest absolute Gasteiger partial charge is 0.444 e. The van der Waals surface area contributed by atoms with E-state index in [0.717, 1.165) is 32.4 Å². The van der Waals surface area contributed by atoms with Gasteiger partial charge in [0, 0.05) is 18.6 Å². The summed E-state index contributed by atoms with van der Waals surface area (Å²) in [5.41, 5.74) is -0.417. The lowest BCUT2D eigenvalue weighted by Crippen LogP contribution is -2.48. The first-order valence-corrected chi connectivity index (χ1v) is 8.96. The van der Waals surface area contributed by atoms with Crippen LogP contribution in [0.2, 0.25) is 0 Å². The molecule has 1 amide bonds. The van der Waals surface area contributed by atoms with Crippen molar-refractivity contribution in [3.05, 3.63) is 0 Å². The van der Waals surface area contributed by atoms with Crippen LogP contribution in [0, 0.1) is 5.92 Å². The molecule has 1 saturated heterocycles. The fourth-order valence-electron chi connectivity index (χ4n) is 2.84. The van der Waals surface area contributed by atoms with Crippen molar-refractivity contribution in [1.82, 2.24) is 10.2 Å². The van der Waals surface area contributed by atoms with Gasteiger partial charge in [-0.1, -0.05) is 20.3 Å². The summed E-state index contributed by atoms with van der Waals surface area (Å²) in [5.74, 6) is 0.704. The van der Waals surface area contributed by atoms with E-state index in [4.69, 9.17) is 4.74 Å². The number of piperidine rings is 1. The third-order valence-electron chi connectivity index (χ3n) is 4.39. The number of ether oxygens (including phenoxy) is 1. The zero-order valence-corrected chi connectivity index (χ0v) is 15.4. The molecule has 0 saturated carbocycles. The Morgan fingerprint density at radius 3 is 2.59 bits per heavy atom. The minimum atomic E-state index is -0.417. The van der Waals surface area contributed by atoms with Gasteiger partial charge in [0.15, 0.2) is 0 Å². The van der Waals surface area contributed by atoms with Gasteiger partial charge in [-0.05, 0) is 65.8 Å². The Hall–Kier alpha value is -0.770. The highest BCUT2D eigenvalue weighted by Crippen LogP contribution is 2.23. The molecule has 1 heterocycles. The van der Waals surface area contributed by atoms with Gasteiger partial charge < -0.3 is 15.0 Å². The van der Waals surface area contributed by atoms with E-state index in [1.807, 2.05) is 25.7 Å². The van der Waals surface area contributed by atoms with Gasteiger partial charge in [0.2, 0.25) is 0 Å². The maximum Gasteiger partial charge on any atom is 0.410 e. The topological polar surface area (TPSA) is 41.6 Å². The lowest BCUT2D eigenvalue weighted by Gasteiger charge is -2.38. The van der Waals surface area contributed by atoms with Gasteiger partial charge in [-0.2, -0.15) is 0 Å². The summed E-state index contributed by atoms with van der Waals surface area (Å²) in [6.45, 7) is 14.4. The second-order valence-electron chi connectivity index (χ2n) is 7.88. The highest BCUT2D eigenvalue weighted by Gasteiger charge is 2.31. The van der Waals surface area contributed by atoms with Crippen molar-refractivity contribution < 1.29 is 9.53 Å². The monoisotopic (exact) mass is 312 g/mol. The molecule has 0 aromatic carbocycles. The molecule has 0 spiro atoms. The second-order valence-corrected chi connectivity index (χ2v) is 7.88. The smallest absolute Gasteiger partial charge is 0.410 e. The maximum atomic E-state index is 12.4. The number of hydrogen-bond acceptors (Lipinski definition) is 3. The van der Waals surface area contributed by atoms with Gasteiger partial charge in [-0.15, -0.1) is 0 Å². The van der Waals surface area contributed by atoms with Crippen LogP contribution in [-0.4, -0.2) is 41.8 Å². The Bertz CT molecular complexity index is 338. The number of amides is 1. The number of nitrogens with zero attached hydrogens (tertiary/aromatic N) is 1. The predicted molar refractivity (Wildman–Crippen MR) is 92.1 cm³/mol. The van der Waals surface area contributed by atoms with Crippen LogP contribution >= 0.6 is 0 Å². The van der Waals surface area contributed by atoms with E-state index in [0.29, 0.717) is 18.0 Å². The van der Waals surface area contributed by atoms with E-state index < -0.39 is 5.60 Å². The summed E-state index contributed by atoms with van der Waals surface area (Å²) in [7, 11) is 0. The Balaban J connectivity index is 2.52. The van der Waals surface area contributed by atoms with E-state index in [1.165, 1.54) is 12.8 Å². The number of carbonyl (C=O) groups is 1. The maximum absolute atomic E-state index is 12.4. The molecule has 1 rings (SSSR count). The fourth-order valence-corrected chi connectivity index (χ4v) is 2.84. The summed E-state index contributed by atoms with van der Waals surface area (Å²) < 4.78 is 5.57. The van der Waals surface area contributed by atoms with Crippen molar-refractivity contribution in [1.29, 1.82) is 0 Å².